The number of carboxylic acids is 1. The minimum absolute atomic E-state index is 0.0908. The van der Waals surface area contributed by atoms with E-state index in [0.717, 1.165) is 53.1 Å². The van der Waals surface area contributed by atoms with Crippen LogP contribution in [0, 0.1) is 0 Å². The van der Waals surface area contributed by atoms with Crippen molar-refractivity contribution in [1.82, 2.24) is 14.5 Å². The minimum Gasteiger partial charge on any atom is -0.478 e. The van der Waals surface area contributed by atoms with Gasteiger partial charge in [0.25, 0.3) is 5.91 Å². The lowest BCUT2D eigenvalue weighted by Gasteiger charge is -2.28. The number of fused-ring (bicyclic) bond motifs is 2. The predicted octanol–water partition coefficient (Wildman–Crippen LogP) is 7.97. The van der Waals surface area contributed by atoms with Gasteiger partial charge in [-0.15, -0.1) is 11.3 Å². The molecule has 1 atom stereocenters. The van der Waals surface area contributed by atoms with Gasteiger partial charge < -0.3 is 15.0 Å². The number of aromatic nitrogens is 3. The normalized spacial score (nSPS) is 16.8. The minimum atomic E-state index is -1.06. The Morgan fingerprint density at radius 2 is 1.79 bits per heavy atom. The molecule has 0 aliphatic heterocycles. The quantitative estimate of drug-likeness (QED) is 0.214. The maximum atomic E-state index is 13.1. The van der Waals surface area contributed by atoms with Gasteiger partial charge in [-0.2, -0.15) is 0 Å². The summed E-state index contributed by atoms with van der Waals surface area (Å²) in [5, 5.41) is 14.2. The van der Waals surface area contributed by atoms with Crippen LogP contribution < -0.4 is 5.32 Å². The van der Waals surface area contributed by atoms with Gasteiger partial charge in [-0.1, -0.05) is 61.7 Å². The molecule has 0 radical (unpaired) electrons. The Hall–Kier alpha value is -4.56. The molecule has 1 fully saturated rings. The number of pyridine rings is 1. The number of nitrogens with zero attached hydrogens (tertiary/aromatic N) is 3. The summed E-state index contributed by atoms with van der Waals surface area (Å²) < 4.78 is 2.42. The van der Waals surface area contributed by atoms with Gasteiger partial charge in [-0.25, -0.2) is 14.8 Å². The molecule has 2 aliphatic carbocycles. The molecule has 3 aromatic heterocycles. The van der Waals surface area contributed by atoms with Crippen molar-refractivity contribution in [1.29, 1.82) is 0 Å². The van der Waals surface area contributed by atoms with Crippen LogP contribution in [0.25, 0.3) is 28.4 Å². The van der Waals surface area contributed by atoms with Gasteiger partial charge in [0.2, 0.25) is 0 Å². The van der Waals surface area contributed by atoms with Crippen molar-refractivity contribution < 1.29 is 14.7 Å². The van der Waals surface area contributed by atoms with Crippen LogP contribution >= 0.6 is 11.3 Å². The topological polar surface area (TPSA) is 97.1 Å². The molecule has 2 N–H and O–H groups in total. The number of carbonyl (C=O) groups excluding carboxylic acids is 1. The summed E-state index contributed by atoms with van der Waals surface area (Å²) in [7, 11) is 0. The second-order valence-electron chi connectivity index (χ2n) is 11.0. The molecule has 1 amide bonds. The van der Waals surface area contributed by atoms with Crippen LogP contribution in [0.2, 0.25) is 0 Å². The van der Waals surface area contributed by atoms with Gasteiger partial charge in [0.1, 0.15) is 10.8 Å². The fourth-order valence-electron chi connectivity index (χ4n) is 6.27. The summed E-state index contributed by atoms with van der Waals surface area (Å²) in [4.78, 5) is 34.8. The van der Waals surface area contributed by atoms with Crippen LogP contribution in [-0.2, 0) is 6.42 Å². The maximum Gasteiger partial charge on any atom is 0.338 e. The van der Waals surface area contributed by atoms with E-state index < -0.39 is 5.97 Å². The lowest BCUT2D eigenvalue weighted by Crippen LogP contribution is -2.19. The number of allylic oxidation sites excluding steroid dienone is 1. The predicted molar refractivity (Wildman–Crippen MR) is 166 cm³/mol. The summed E-state index contributed by atoms with van der Waals surface area (Å²) in [5.41, 5.74) is 6.64. The van der Waals surface area contributed by atoms with Crippen molar-refractivity contribution in [3.63, 3.8) is 0 Å². The zero-order chi connectivity index (χ0) is 28.6. The smallest absolute Gasteiger partial charge is 0.338 e. The fourth-order valence-corrected chi connectivity index (χ4v) is 7.05. The highest BCUT2D eigenvalue weighted by Gasteiger charge is 2.28. The van der Waals surface area contributed by atoms with Crippen LogP contribution in [0.15, 0.2) is 78.2 Å². The summed E-state index contributed by atoms with van der Waals surface area (Å²) in [6.45, 7) is 0. The van der Waals surface area contributed by atoms with E-state index in [-0.39, 0.29) is 17.4 Å². The van der Waals surface area contributed by atoms with Crippen LogP contribution in [0.3, 0.4) is 0 Å². The number of carbonyl (C=O) groups is 2. The number of carboxylic acid groups (broad SMARTS) is 1. The van der Waals surface area contributed by atoms with E-state index >= 15 is 0 Å². The zero-order valence-corrected chi connectivity index (χ0v) is 23.8. The summed E-state index contributed by atoms with van der Waals surface area (Å²) in [5.74, 6) is -0.290. The van der Waals surface area contributed by atoms with Gasteiger partial charge in [-0.05, 0) is 66.6 Å². The Balaban J connectivity index is 1.23. The first-order chi connectivity index (χ1) is 20.5. The van der Waals surface area contributed by atoms with Crippen molar-refractivity contribution in [3.05, 3.63) is 106 Å². The standard InChI is InChI=1S/C34H30N4O3S/c39-32(37-33-26(34(40)41)17-18-42-33)24-13-16-30-29(20-24)36-31(38(30)25-9-5-2-6-10-25)23-12-15-28-22(19-23)11-14-27(35-28)21-7-3-1-4-8-21/h1,3-4,7-8,11-18,20,23,25H,2,5-6,9-10,19H2,(H,37,39)(H,40,41). The zero-order valence-electron chi connectivity index (χ0n) is 23.0. The summed E-state index contributed by atoms with van der Waals surface area (Å²) in [6.07, 6.45) is 11.1. The molecule has 1 unspecified atom stereocenters. The number of rotatable bonds is 6. The van der Waals surface area contributed by atoms with Gasteiger partial charge in [-0.3, -0.25) is 4.79 Å². The molecule has 42 heavy (non-hydrogen) atoms. The van der Waals surface area contributed by atoms with Crippen molar-refractivity contribution in [2.45, 2.75) is 50.5 Å². The molecule has 3 heterocycles. The first-order valence-electron chi connectivity index (χ1n) is 14.4. The molecule has 0 spiro atoms. The Bertz CT molecular complexity index is 1830. The van der Waals surface area contributed by atoms with Crippen molar-refractivity contribution >= 4 is 45.3 Å². The fraction of sp³-hybridized carbons (Fsp3) is 0.235. The first-order valence-corrected chi connectivity index (χ1v) is 15.3. The maximum absolute atomic E-state index is 13.1. The van der Waals surface area contributed by atoms with Crippen LogP contribution in [-0.4, -0.2) is 31.5 Å². The van der Waals surface area contributed by atoms with Crippen molar-refractivity contribution in [2.24, 2.45) is 0 Å². The Labute approximate surface area is 247 Å². The molecule has 0 saturated heterocycles. The number of benzene rings is 2. The van der Waals surface area contributed by atoms with E-state index in [2.05, 4.69) is 46.3 Å². The third-order valence-corrected chi connectivity index (χ3v) is 9.21. The molecular formula is C34H30N4O3S. The summed E-state index contributed by atoms with van der Waals surface area (Å²) >= 11 is 1.20. The molecule has 210 valence electrons. The monoisotopic (exact) mass is 574 g/mol. The molecule has 2 aliphatic rings. The van der Waals surface area contributed by atoms with Gasteiger partial charge in [0.05, 0.1) is 28.0 Å². The number of anilines is 1. The Morgan fingerprint density at radius 1 is 0.952 bits per heavy atom. The van der Waals surface area contributed by atoms with E-state index in [4.69, 9.17) is 9.97 Å². The van der Waals surface area contributed by atoms with E-state index in [1.807, 2.05) is 36.4 Å². The molecule has 8 heteroatoms. The van der Waals surface area contributed by atoms with Crippen molar-refractivity contribution in [3.8, 4) is 11.3 Å². The van der Waals surface area contributed by atoms with Crippen LogP contribution in [0.5, 0.6) is 0 Å². The Morgan fingerprint density at radius 3 is 2.60 bits per heavy atom. The highest BCUT2D eigenvalue weighted by atomic mass is 32.1. The third-order valence-electron chi connectivity index (χ3n) is 8.38. The van der Waals surface area contributed by atoms with Crippen molar-refractivity contribution in [2.75, 3.05) is 5.32 Å². The molecule has 0 bridgehead atoms. The van der Waals surface area contributed by atoms with Gasteiger partial charge >= 0.3 is 5.97 Å². The van der Waals surface area contributed by atoms with E-state index in [1.165, 1.54) is 42.2 Å². The second-order valence-corrected chi connectivity index (χ2v) is 12.0. The lowest BCUT2D eigenvalue weighted by atomic mass is 9.90. The van der Waals surface area contributed by atoms with Gasteiger partial charge in [0.15, 0.2) is 0 Å². The molecule has 7 rings (SSSR count). The van der Waals surface area contributed by atoms with Crippen LogP contribution in [0.4, 0.5) is 5.00 Å². The molecule has 1 saturated carbocycles. The van der Waals surface area contributed by atoms with Gasteiger partial charge in [0, 0.05) is 23.1 Å². The highest BCUT2D eigenvalue weighted by Crippen LogP contribution is 2.38. The number of hydrogen-bond acceptors (Lipinski definition) is 5. The number of amides is 1. The first kappa shape index (κ1) is 26.3. The number of thiophene rings is 1. The molecule has 2 aromatic carbocycles. The lowest BCUT2D eigenvalue weighted by molar-refractivity contribution is 0.0698. The number of hydrogen-bond donors (Lipinski definition) is 2. The number of nitrogens with one attached hydrogen (secondary N) is 1. The third kappa shape index (κ3) is 4.92. The second kappa shape index (κ2) is 11.0. The SMILES string of the molecule is O=C(Nc1sccc1C(=O)O)c1ccc2c(c1)nc(C1C=Cc3nc(-c4ccccc4)ccc3C1)n2C1CCCCC1. The van der Waals surface area contributed by atoms with E-state index in [9.17, 15) is 14.7 Å². The molecular weight excluding hydrogens is 544 g/mol. The van der Waals surface area contributed by atoms with E-state index in [1.54, 1.807) is 5.38 Å². The average Bonchev–Trinajstić information content (AvgIpc) is 3.66. The highest BCUT2D eigenvalue weighted by molar-refractivity contribution is 7.14. The molecule has 7 nitrogen and oxygen atoms in total. The number of aromatic carboxylic acids is 1. The Kier molecular flexibility index (Phi) is 6.91. The number of imidazole rings is 1. The summed E-state index contributed by atoms with van der Waals surface area (Å²) in [6, 6.07) is 22.0. The van der Waals surface area contributed by atoms with E-state index in [0.29, 0.717) is 16.6 Å². The largest absolute Gasteiger partial charge is 0.478 e. The molecule has 5 aromatic rings. The average molecular weight is 575 g/mol. The van der Waals surface area contributed by atoms with Crippen LogP contribution in [0.1, 0.15) is 81.9 Å².